The van der Waals surface area contributed by atoms with Gasteiger partial charge in [0, 0.05) is 48.5 Å². The molecule has 32 heavy (non-hydrogen) atoms. The third-order valence-electron chi connectivity index (χ3n) is 5.17. The number of carbonyl (C=O) groups excluding carboxylic acids is 1. The molecule has 0 spiro atoms. The quantitative estimate of drug-likeness (QED) is 0.602. The van der Waals surface area contributed by atoms with E-state index < -0.39 is 0 Å². The maximum atomic E-state index is 12.5. The Balaban J connectivity index is 1.32. The normalized spacial score (nSPS) is 14.3. The molecule has 0 radical (unpaired) electrons. The Bertz CT molecular complexity index is 1060. The van der Waals surface area contributed by atoms with Crippen LogP contribution in [0.4, 0.5) is 10.5 Å². The highest BCUT2D eigenvalue weighted by Gasteiger charge is 2.23. The molecule has 2 aromatic carbocycles. The molecule has 0 atom stereocenters. The summed E-state index contributed by atoms with van der Waals surface area (Å²) in [6.45, 7) is 3.16. The number of halogens is 1. The molecule has 1 fully saturated rings. The molecule has 1 aliphatic heterocycles. The van der Waals surface area contributed by atoms with Gasteiger partial charge in [0.2, 0.25) is 0 Å². The molecule has 0 aliphatic carbocycles. The minimum atomic E-state index is -0.138. The maximum Gasteiger partial charge on any atom is 0.321 e. The Kier molecular flexibility index (Phi) is 6.77. The van der Waals surface area contributed by atoms with Gasteiger partial charge in [-0.3, -0.25) is 4.90 Å². The van der Waals surface area contributed by atoms with Gasteiger partial charge in [-0.25, -0.2) is 4.79 Å². The number of benzene rings is 2. The van der Waals surface area contributed by atoms with E-state index in [4.69, 9.17) is 25.6 Å². The topological polar surface area (TPSA) is 93.0 Å². The second-order valence-corrected chi connectivity index (χ2v) is 7.76. The van der Waals surface area contributed by atoms with Gasteiger partial charge in [-0.2, -0.15) is 4.98 Å². The van der Waals surface area contributed by atoms with Crippen LogP contribution in [0.15, 0.2) is 47.0 Å². The molecule has 1 aromatic heterocycles. The Morgan fingerprint density at radius 1 is 1.09 bits per heavy atom. The fourth-order valence-corrected chi connectivity index (χ4v) is 3.63. The van der Waals surface area contributed by atoms with Crippen molar-refractivity contribution in [3.05, 3.63) is 53.3 Å². The molecule has 2 heterocycles. The summed E-state index contributed by atoms with van der Waals surface area (Å²) in [6.07, 6.45) is 0. The van der Waals surface area contributed by atoms with Gasteiger partial charge in [-0.05, 0) is 30.3 Å². The molecule has 9 nitrogen and oxygen atoms in total. The van der Waals surface area contributed by atoms with Crippen LogP contribution in [0.1, 0.15) is 5.82 Å². The summed E-state index contributed by atoms with van der Waals surface area (Å²) in [7, 11) is 3.18. The summed E-state index contributed by atoms with van der Waals surface area (Å²) in [5.74, 6) is 2.27. The largest absolute Gasteiger partial charge is 0.497 e. The Hall–Kier alpha value is -3.30. The first-order valence-corrected chi connectivity index (χ1v) is 10.5. The number of hydrogen-bond donors (Lipinski definition) is 1. The molecule has 0 saturated carbocycles. The van der Waals surface area contributed by atoms with Crippen LogP contribution in [0.25, 0.3) is 11.5 Å². The van der Waals surface area contributed by atoms with Crippen LogP contribution in [0, 0.1) is 0 Å². The molecule has 4 rings (SSSR count). The monoisotopic (exact) mass is 457 g/mol. The number of hydrogen-bond acceptors (Lipinski definition) is 7. The predicted molar refractivity (Wildman–Crippen MR) is 120 cm³/mol. The number of methoxy groups -OCH3 is 2. The Labute approximate surface area is 190 Å². The van der Waals surface area contributed by atoms with Crippen molar-refractivity contribution < 1.29 is 18.8 Å². The van der Waals surface area contributed by atoms with Gasteiger partial charge >= 0.3 is 6.03 Å². The molecule has 168 valence electrons. The lowest BCUT2D eigenvalue weighted by Crippen LogP contribution is -2.49. The number of aromatic nitrogens is 2. The summed E-state index contributed by atoms with van der Waals surface area (Å²) in [5.41, 5.74) is 1.40. The first kappa shape index (κ1) is 21.9. The Morgan fingerprint density at radius 2 is 1.81 bits per heavy atom. The summed E-state index contributed by atoms with van der Waals surface area (Å²) in [4.78, 5) is 21.0. The third-order valence-corrected chi connectivity index (χ3v) is 5.40. The lowest BCUT2D eigenvalue weighted by molar-refractivity contribution is 0.140. The molecule has 2 amide bonds. The number of amides is 2. The van der Waals surface area contributed by atoms with Gasteiger partial charge in [0.25, 0.3) is 5.89 Å². The summed E-state index contributed by atoms with van der Waals surface area (Å²) >= 11 is 5.98. The number of anilines is 1. The average Bonchev–Trinajstić information content (AvgIpc) is 3.27. The average molecular weight is 458 g/mol. The fraction of sp³-hybridized carbons (Fsp3) is 0.318. The number of nitrogens with zero attached hydrogens (tertiary/aromatic N) is 4. The predicted octanol–water partition coefficient (Wildman–Crippen LogP) is 3.76. The van der Waals surface area contributed by atoms with Gasteiger partial charge in [0.15, 0.2) is 5.82 Å². The van der Waals surface area contributed by atoms with Gasteiger partial charge in [0.05, 0.1) is 20.8 Å². The molecule has 10 heteroatoms. The highest BCUT2D eigenvalue weighted by molar-refractivity contribution is 6.30. The van der Waals surface area contributed by atoms with E-state index >= 15 is 0 Å². The molecule has 0 unspecified atom stereocenters. The molecule has 0 bridgehead atoms. The molecular formula is C22H24ClN5O4. The summed E-state index contributed by atoms with van der Waals surface area (Å²) in [6, 6.07) is 12.4. The minimum absolute atomic E-state index is 0.138. The van der Waals surface area contributed by atoms with Crippen LogP contribution < -0.4 is 14.8 Å². The van der Waals surface area contributed by atoms with Crippen molar-refractivity contribution in [3.63, 3.8) is 0 Å². The van der Waals surface area contributed by atoms with Crippen LogP contribution in [0.3, 0.4) is 0 Å². The number of ether oxygens (including phenoxy) is 2. The van der Waals surface area contributed by atoms with Crippen LogP contribution in [-0.2, 0) is 6.54 Å². The highest BCUT2D eigenvalue weighted by Crippen LogP contribution is 2.29. The van der Waals surface area contributed by atoms with Crippen LogP contribution in [0.5, 0.6) is 11.5 Å². The number of rotatable bonds is 6. The standard InChI is InChI=1S/C22H24ClN5O4/c1-30-18-10-15(11-19(13-18)31-2)21-25-20(26-32-21)14-27-6-8-28(9-7-27)22(29)24-17-5-3-4-16(23)12-17/h3-5,10-13H,6-9,14H2,1-2H3,(H,24,29). The minimum Gasteiger partial charge on any atom is -0.497 e. The van der Waals surface area contributed by atoms with Crippen LogP contribution in [-0.4, -0.2) is 66.4 Å². The zero-order valence-corrected chi connectivity index (χ0v) is 18.6. The summed E-state index contributed by atoms with van der Waals surface area (Å²) < 4.78 is 16.0. The second kappa shape index (κ2) is 9.88. The molecule has 1 N–H and O–H groups in total. The van der Waals surface area contributed by atoms with E-state index in [1.807, 2.05) is 18.2 Å². The lowest BCUT2D eigenvalue weighted by atomic mass is 10.2. The molecule has 1 aliphatic rings. The third kappa shape index (κ3) is 5.30. The van der Waals surface area contributed by atoms with Crippen LogP contribution in [0.2, 0.25) is 5.02 Å². The van der Waals surface area contributed by atoms with Crippen LogP contribution >= 0.6 is 11.6 Å². The first-order valence-electron chi connectivity index (χ1n) is 10.1. The SMILES string of the molecule is COc1cc(OC)cc(-c2nc(CN3CCN(C(=O)Nc4cccc(Cl)c4)CC3)no2)c1. The first-order chi connectivity index (χ1) is 15.5. The van der Waals surface area contributed by atoms with E-state index in [2.05, 4.69) is 20.4 Å². The van der Waals surface area contributed by atoms with Gasteiger partial charge in [0.1, 0.15) is 11.5 Å². The molecule has 3 aromatic rings. The fourth-order valence-electron chi connectivity index (χ4n) is 3.44. The number of nitrogens with one attached hydrogen (secondary N) is 1. The van der Waals surface area contributed by atoms with E-state index in [9.17, 15) is 4.79 Å². The number of piperazine rings is 1. The van der Waals surface area contributed by atoms with E-state index in [0.717, 1.165) is 5.56 Å². The zero-order chi connectivity index (χ0) is 22.5. The molecular weight excluding hydrogens is 434 g/mol. The van der Waals surface area contributed by atoms with Crippen molar-refractivity contribution >= 4 is 23.3 Å². The highest BCUT2D eigenvalue weighted by atomic mass is 35.5. The van der Waals surface area contributed by atoms with Crippen molar-refractivity contribution in [2.45, 2.75) is 6.54 Å². The van der Waals surface area contributed by atoms with E-state index in [1.165, 1.54) is 0 Å². The number of urea groups is 1. The van der Waals surface area contributed by atoms with Crippen molar-refractivity contribution in [1.29, 1.82) is 0 Å². The smallest absolute Gasteiger partial charge is 0.321 e. The van der Waals surface area contributed by atoms with Crippen molar-refractivity contribution in [3.8, 4) is 23.0 Å². The van der Waals surface area contributed by atoms with Gasteiger partial charge < -0.3 is 24.2 Å². The molecule has 1 saturated heterocycles. The zero-order valence-electron chi connectivity index (χ0n) is 17.9. The van der Waals surface area contributed by atoms with E-state index in [-0.39, 0.29) is 6.03 Å². The second-order valence-electron chi connectivity index (χ2n) is 7.32. The van der Waals surface area contributed by atoms with E-state index in [1.54, 1.807) is 43.4 Å². The van der Waals surface area contributed by atoms with Gasteiger partial charge in [-0.15, -0.1) is 0 Å². The van der Waals surface area contributed by atoms with Gasteiger partial charge in [-0.1, -0.05) is 22.8 Å². The summed E-state index contributed by atoms with van der Waals surface area (Å²) in [5, 5.41) is 7.56. The van der Waals surface area contributed by atoms with Crippen molar-refractivity contribution in [2.75, 3.05) is 45.7 Å². The lowest BCUT2D eigenvalue weighted by Gasteiger charge is -2.34. The van der Waals surface area contributed by atoms with Crippen molar-refractivity contribution in [2.24, 2.45) is 0 Å². The maximum absolute atomic E-state index is 12.5. The van der Waals surface area contributed by atoms with Crippen molar-refractivity contribution in [1.82, 2.24) is 19.9 Å². The number of carbonyl (C=O) groups is 1. The Morgan fingerprint density at radius 3 is 2.47 bits per heavy atom. The van der Waals surface area contributed by atoms with E-state index in [0.29, 0.717) is 66.6 Å².